The Bertz CT molecular complexity index is 758. The Labute approximate surface area is 120 Å². The Morgan fingerprint density at radius 3 is 2.80 bits per heavy atom. The Balaban J connectivity index is 1.82. The fourth-order valence-corrected chi connectivity index (χ4v) is 2.61. The number of nitrogens with zero attached hydrogens (tertiary/aromatic N) is 1. The maximum Gasteiger partial charge on any atom is 0.271 e. The van der Waals surface area contributed by atoms with E-state index < -0.39 is 0 Å². The summed E-state index contributed by atoms with van der Waals surface area (Å²) in [7, 11) is 0. The Morgan fingerprint density at radius 1 is 1.10 bits per heavy atom. The third-order valence-electron chi connectivity index (χ3n) is 2.96. The van der Waals surface area contributed by atoms with E-state index in [0.717, 1.165) is 16.3 Å². The van der Waals surface area contributed by atoms with E-state index in [1.807, 2.05) is 53.2 Å². The SMILES string of the molecule is O=C(NN=Cc1ccsc1)c1cccc2ccccc12. The highest BCUT2D eigenvalue weighted by Gasteiger charge is 2.08. The van der Waals surface area contributed by atoms with Crippen molar-refractivity contribution >= 4 is 34.2 Å². The van der Waals surface area contributed by atoms with Gasteiger partial charge in [0, 0.05) is 11.1 Å². The maximum atomic E-state index is 12.2. The number of hydrogen-bond acceptors (Lipinski definition) is 3. The number of amides is 1. The number of hydrazone groups is 1. The van der Waals surface area contributed by atoms with Crippen molar-refractivity contribution in [1.29, 1.82) is 0 Å². The molecular formula is C16H12N2OS. The third kappa shape index (κ3) is 2.60. The van der Waals surface area contributed by atoms with Crippen LogP contribution in [0, 0.1) is 0 Å². The molecule has 4 heteroatoms. The molecule has 1 amide bonds. The molecule has 1 heterocycles. The molecule has 20 heavy (non-hydrogen) atoms. The zero-order valence-corrected chi connectivity index (χ0v) is 11.4. The second kappa shape index (κ2) is 5.67. The molecule has 0 aliphatic carbocycles. The Morgan fingerprint density at radius 2 is 1.95 bits per heavy atom. The molecule has 0 radical (unpaired) electrons. The largest absolute Gasteiger partial charge is 0.271 e. The van der Waals surface area contributed by atoms with Crippen LogP contribution in [0.3, 0.4) is 0 Å². The first kappa shape index (κ1) is 12.6. The molecule has 3 aromatic rings. The van der Waals surface area contributed by atoms with Crippen LogP contribution in [0.5, 0.6) is 0 Å². The lowest BCUT2D eigenvalue weighted by Gasteiger charge is -2.04. The number of carbonyl (C=O) groups excluding carboxylic acids is 1. The van der Waals surface area contributed by atoms with Crippen molar-refractivity contribution in [1.82, 2.24) is 5.43 Å². The predicted octanol–water partition coefficient (Wildman–Crippen LogP) is 3.67. The minimum Gasteiger partial charge on any atom is -0.267 e. The van der Waals surface area contributed by atoms with Gasteiger partial charge < -0.3 is 0 Å². The van der Waals surface area contributed by atoms with Crippen LogP contribution in [0.15, 0.2) is 64.4 Å². The van der Waals surface area contributed by atoms with Crippen LogP contribution in [0.2, 0.25) is 0 Å². The summed E-state index contributed by atoms with van der Waals surface area (Å²) in [5, 5.41) is 9.88. The molecular weight excluding hydrogens is 268 g/mol. The van der Waals surface area contributed by atoms with Crippen molar-refractivity contribution < 1.29 is 4.79 Å². The Kier molecular flexibility index (Phi) is 3.56. The zero-order valence-electron chi connectivity index (χ0n) is 10.6. The maximum absolute atomic E-state index is 12.2. The van der Waals surface area contributed by atoms with Gasteiger partial charge in [-0.3, -0.25) is 4.79 Å². The molecule has 0 aliphatic rings. The number of carbonyl (C=O) groups is 1. The lowest BCUT2D eigenvalue weighted by molar-refractivity contribution is 0.0957. The first-order valence-corrected chi connectivity index (χ1v) is 7.12. The van der Waals surface area contributed by atoms with Crippen LogP contribution < -0.4 is 5.43 Å². The lowest BCUT2D eigenvalue weighted by Crippen LogP contribution is -2.17. The first-order chi connectivity index (χ1) is 9.84. The van der Waals surface area contributed by atoms with Crippen molar-refractivity contribution in [3.8, 4) is 0 Å². The smallest absolute Gasteiger partial charge is 0.267 e. The molecule has 0 unspecified atom stereocenters. The molecule has 0 atom stereocenters. The summed E-state index contributed by atoms with van der Waals surface area (Å²) in [5.74, 6) is -0.201. The van der Waals surface area contributed by atoms with Crippen molar-refractivity contribution in [2.75, 3.05) is 0 Å². The van der Waals surface area contributed by atoms with Crippen molar-refractivity contribution in [3.63, 3.8) is 0 Å². The van der Waals surface area contributed by atoms with Crippen LogP contribution >= 0.6 is 11.3 Å². The van der Waals surface area contributed by atoms with Gasteiger partial charge in [-0.15, -0.1) is 0 Å². The molecule has 1 N–H and O–H groups in total. The van der Waals surface area contributed by atoms with Crippen LogP contribution in [-0.2, 0) is 0 Å². The highest BCUT2D eigenvalue weighted by atomic mass is 32.1. The molecule has 3 rings (SSSR count). The molecule has 0 saturated carbocycles. The fraction of sp³-hybridized carbons (Fsp3) is 0. The van der Waals surface area contributed by atoms with E-state index in [9.17, 15) is 4.79 Å². The third-order valence-corrected chi connectivity index (χ3v) is 3.66. The minimum absolute atomic E-state index is 0.201. The van der Waals surface area contributed by atoms with Gasteiger partial charge in [-0.1, -0.05) is 36.4 Å². The van der Waals surface area contributed by atoms with Gasteiger partial charge in [0.15, 0.2) is 0 Å². The first-order valence-electron chi connectivity index (χ1n) is 6.18. The van der Waals surface area contributed by atoms with Gasteiger partial charge in [0.1, 0.15) is 0 Å². The zero-order chi connectivity index (χ0) is 13.8. The Hall–Kier alpha value is -2.46. The second-order valence-electron chi connectivity index (χ2n) is 4.28. The van der Waals surface area contributed by atoms with E-state index in [1.54, 1.807) is 23.6 Å². The minimum atomic E-state index is -0.201. The monoisotopic (exact) mass is 280 g/mol. The fourth-order valence-electron chi connectivity index (χ4n) is 2.00. The standard InChI is InChI=1S/C16H12N2OS/c19-16(18-17-10-12-8-9-20-11-12)15-7-3-5-13-4-1-2-6-14(13)15/h1-11H,(H,18,19). The van der Waals surface area contributed by atoms with Crippen LogP contribution in [0.1, 0.15) is 15.9 Å². The van der Waals surface area contributed by atoms with E-state index in [1.165, 1.54) is 0 Å². The molecule has 0 fully saturated rings. The van der Waals surface area contributed by atoms with Crippen molar-refractivity contribution in [2.24, 2.45) is 5.10 Å². The molecule has 0 bridgehead atoms. The number of rotatable bonds is 3. The molecule has 0 spiro atoms. The number of thiophene rings is 1. The van der Waals surface area contributed by atoms with Crippen molar-refractivity contribution in [2.45, 2.75) is 0 Å². The molecule has 0 aliphatic heterocycles. The summed E-state index contributed by atoms with van der Waals surface area (Å²) in [4.78, 5) is 12.2. The summed E-state index contributed by atoms with van der Waals surface area (Å²) in [5.41, 5.74) is 4.17. The van der Waals surface area contributed by atoms with Crippen LogP contribution in [0.25, 0.3) is 10.8 Å². The summed E-state index contributed by atoms with van der Waals surface area (Å²) in [6, 6.07) is 15.4. The van der Waals surface area contributed by atoms with Gasteiger partial charge in [-0.25, -0.2) is 5.43 Å². The van der Waals surface area contributed by atoms with E-state index in [0.29, 0.717) is 5.56 Å². The molecule has 1 aromatic heterocycles. The second-order valence-corrected chi connectivity index (χ2v) is 5.06. The van der Waals surface area contributed by atoms with Gasteiger partial charge in [-0.05, 0) is 33.7 Å². The molecule has 3 nitrogen and oxygen atoms in total. The number of nitrogens with one attached hydrogen (secondary N) is 1. The topological polar surface area (TPSA) is 41.5 Å². The van der Waals surface area contributed by atoms with Crippen LogP contribution in [0.4, 0.5) is 0 Å². The molecule has 2 aromatic carbocycles. The number of hydrogen-bond donors (Lipinski definition) is 1. The van der Waals surface area contributed by atoms with E-state index in [4.69, 9.17) is 0 Å². The van der Waals surface area contributed by atoms with Crippen molar-refractivity contribution in [3.05, 3.63) is 70.4 Å². The average Bonchev–Trinajstić information content (AvgIpc) is 3.00. The highest BCUT2D eigenvalue weighted by molar-refractivity contribution is 7.08. The summed E-state index contributed by atoms with van der Waals surface area (Å²) in [6.07, 6.45) is 1.64. The summed E-state index contributed by atoms with van der Waals surface area (Å²) in [6.45, 7) is 0. The van der Waals surface area contributed by atoms with Gasteiger partial charge in [0.25, 0.3) is 5.91 Å². The number of benzene rings is 2. The average molecular weight is 280 g/mol. The molecule has 98 valence electrons. The summed E-state index contributed by atoms with van der Waals surface area (Å²) < 4.78 is 0. The van der Waals surface area contributed by atoms with E-state index >= 15 is 0 Å². The van der Waals surface area contributed by atoms with Gasteiger partial charge in [-0.2, -0.15) is 16.4 Å². The number of fused-ring (bicyclic) bond motifs is 1. The van der Waals surface area contributed by atoms with E-state index in [-0.39, 0.29) is 5.91 Å². The highest BCUT2D eigenvalue weighted by Crippen LogP contribution is 2.18. The van der Waals surface area contributed by atoms with Gasteiger partial charge in [0.05, 0.1) is 6.21 Å². The normalized spacial score (nSPS) is 11.0. The van der Waals surface area contributed by atoms with Gasteiger partial charge in [0.2, 0.25) is 0 Å². The van der Waals surface area contributed by atoms with Gasteiger partial charge >= 0.3 is 0 Å². The van der Waals surface area contributed by atoms with E-state index in [2.05, 4.69) is 10.5 Å². The molecule has 0 saturated heterocycles. The lowest BCUT2D eigenvalue weighted by atomic mass is 10.0. The predicted molar refractivity (Wildman–Crippen MR) is 83.3 cm³/mol. The van der Waals surface area contributed by atoms with Crippen LogP contribution in [-0.4, -0.2) is 12.1 Å². The summed E-state index contributed by atoms with van der Waals surface area (Å²) >= 11 is 1.59. The quantitative estimate of drug-likeness (QED) is 0.577.